The Morgan fingerprint density at radius 1 is 0.931 bits per heavy atom. The Balaban J connectivity index is 1.63. The van der Waals surface area contributed by atoms with Gasteiger partial charge in [-0.15, -0.1) is 0 Å². The fourth-order valence-corrected chi connectivity index (χ4v) is 3.74. The Labute approximate surface area is 173 Å². The van der Waals surface area contributed by atoms with Gasteiger partial charge in [-0.25, -0.2) is 4.39 Å². The van der Waals surface area contributed by atoms with E-state index < -0.39 is 5.82 Å². The molecule has 7 heteroatoms. The van der Waals surface area contributed by atoms with E-state index in [-0.39, 0.29) is 18.4 Å². The van der Waals surface area contributed by atoms with Gasteiger partial charge in [0.15, 0.2) is 0 Å². The fourth-order valence-electron chi connectivity index (χ4n) is 3.62. The zero-order chi connectivity index (χ0) is 20.4. The minimum Gasteiger partial charge on any atom is -0.378 e. The largest absolute Gasteiger partial charge is 0.378 e. The van der Waals surface area contributed by atoms with E-state index in [1.165, 1.54) is 17.0 Å². The number of hydrogen-bond acceptors (Lipinski definition) is 4. The summed E-state index contributed by atoms with van der Waals surface area (Å²) < 4.78 is 18.8. The molecule has 5 nitrogen and oxygen atoms in total. The molecule has 1 saturated heterocycles. The zero-order valence-electron chi connectivity index (χ0n) is 15.7. The Morgan fingerprint density at radius 3 is 2.24 bits per heavy atom. The smallest absolute Gasteiger partial charge is 0.277 e. The highest BCUT2D eigenvalue weighted by Crippen LogP contribution is 2.32. The second-order valence-electron chi connectivity index (χ2n) is 6.97. The molecule has 2 amide bonds. The lowest BCUT2D eigenvalue weighted by Gasteiger charge is -2.29. The van der Waals surface area contributed by atoms with Gasteiger partial charge in [-0.3, -0.25) is 14.5 Å². The van der Waals surface area contributed by atoms with Crippen molar-refractivity contribution in [3.05, 3.63) is 76.2 Å². The predicted octanol–water partition coefficient (Wildman–Crippen LogP) is 3.13. The Kier molecular flexibility index (Phi) is 5.65. The van der Waals surface area contributed by atoms with Crippen LogP contribution in [0.1, 0.15) is 11.1 Å². The van der Waals surface area contributed by atoms with Gasteiger partial charge in [0.2, 0.25) is 0 Å². The van der Waals surface area contributed by atoms with Crippen LogP contribution in [0, 0.1) is 5.82 Å². The van der Waals surface area contributed by atoms with Gasteiger partial charge in [0.25, 0.3) is 11.8 Å². The number of hydrogen-bond donors (Lipinski definition) is 0. The lowest BCUT2D eigenvalue weighted by molar-refractivity contribution is -0.137. The first kappa shape index (κ1) is 19.6. The summed E-state index contributed by atoms with van der Waals surface area (Å²) in [5, 5.41) is 0.636. The minimum absolute atomic E-state index is 0.262. The number of ether oxygens (including phenoxy) is 1. The number of halogens is 2. The van der Waals surface area contributed by atoms with E-state index >= 15 is 0 Å². The second kappa shape index (κ2) is 8.35. The first-order valence-electron chi connectivity index (χ1n) is 9.48. The Hall–Kier alpha value is -2.70. The molecule has 2 aromatic rings. The maximum absolute atomic E-state index is 13.4. The molecule has 150 valence electrons. The molecule has 2 heterocycles. The number of morpholine rings is 1. The van der Waals surface area contributed by atoms with E-state index in [1.54, 1.807) is 24.3 Å². The number of imide groups is 1. The summed E-state index contributed by atoms with van der Waals surface area (Å²) in [6.45, 7) is 2.31. The first-order chi connectivity index (χ1) is 14.0. The molecule has 2 aromatic carbocycles. The summed E-state index contributed by atoms with van der Waals surface area (Å²) in [5.74, 6) is -1.05. The number of carbonyl (C=O) groups excluding carboxylic acids is 2. The minimum atomic E-state index is -0.390. The van der Waals surface area contributed by atoms with Gasteiger partial charge in [-0.2, -0.15) is 0 Å². The van der Waals surface area contributed by atoms with Crippen molar-refractivity contribution in [1.82, 2.24) is 9.80 Å². The van der Waals surface area contributed by atoms with E-state index in [0.29, 0.717) is 54.6 Å². The zero-order valence-corrected chi connectivity index (χ0v) is 16.5. The Morgan fingerprint density at radius 2 is 1.59 bits per heavy atom. The quantitative estimate of drug-likeness (QED) is 0.705. The number of amides is 2. The van der Waals surface area contributed by atoms with Gasteiger partial charge in [0, 0.05) is 24.7 Å². The van der Waals surface area contributed by atoms with Crippen LogP contribution in [-0.4, -0.2) is 54.5 Å². The lowest BCUT2D eigenvalue weighted by atomic mass is 10.0. The fraction of sp³-hybridized carbons (Fsp3) is 0.273. The van der Waals surface area contributed by atoms with Gasteiger partial charge in [-0.1, -0.05) is 35.9 Å². The van der Waals surface area contributed by atoms with Crippen molar-refractivity contribution in [3.63, 3.8) is 0 Å². The summed E-state index contributed by atoms with van der Waals surface area (Å²) in [6, 6.07) is 13.0. The molecule has 0 radical (unpaired) electrons. The molecule has 0 N–H and O–H groups in total. The third kappa shape index (κ3) is 4.04. The molecule has 0 aliphatic carbocycles. The maximum Gasteiger partial charge on any atom is 0.277 e. The van der Waals surface area contributed by atoms with Crippen molar-refractivity contribution in [1.29, 1.82) is 0 Å². The van der Waals surface area contributed by atoms with Crippen molar-refractivity contribution in [2.24, 2.45) is 0 Å². The summed E-state index contributed by atoms with van der Waals surface area (Å²) >= 11 is 5.92. The van der Waals surface area contributed by atoms with Crippen LogP contribution in [0.2, 0.25) is 5.02 Å². The molecule has 0 bridgehead atoms. The molecular formula is C22H20ClFN2O3. The monoisotopic (exact) mass is 414 g/mol. The first-order valence-corrected chi connectivity index (χ1v) is 9.86. The van der Waals surface area contributed by atoms with Crippen LogP contribution in [0.25, 0.3) is 5.57 Å². The number of nitrogens with zero attached hydrogens (tertiary/aromatic N) is 2. The summed E-state index contributed by atoms with van der Waals surface area (Å²) in [4.78, 5) is 29.6. The highest BCUT2D eigenvalue weighted by molar-refractivity contribution is 6.35. The van der Waals surface area contributed by atoms with Crippen molar-refractivity contribution < 1.29 is 18.7 Å². The van der Waals surface area contributed by atoms with Crippen molar-refractivity contribution in [2.45, 2.75) is 6.42 Å². The van der Waals surface area contributed by atoms with E-state index in [2.05, 4.69) is 0 Å². The number of carbonyl (C=O) groups is 2. The maximum atomic E-state index is 13.4. The van der Waals surface area contributed by atoms with Gasteiger partial charge in [0.05, 0.1) is 18.8 Å². The molecular weight excluding hydrogens is 395 g/mol. The highest BCUT2D eigenvalue weighted by atomic mass is 35.5. The van der Waals surface area contributed by atoms with E-state index in [4.69, 9.17) is 16.3 Å². The summed E-state index contributed by atoms with van der Waals surface area (Å²) in [6.07, 6.45) is 0.530. The molecule has 0 unspecified atom stereocenters. The molecule has 0 saturated carbocycles. The van der Waals surface area contributed by atoms with Crippen molar-refractivity contribution in [3.8, 4) is 0 Å². The van der Waals surface area contributed by atoms with Crippen molar-refractivity contribution >= 4 is 29.0 Å². The molecule has 29 heavy (non-hydrogen) atoms. The third-order valence-corrected chi connectivity index (χ3v) is 5.39. The van der Waals surface area contributed by atoms with Crippen molar-refractivity contribution in [2.75, 3.05) is 32.8 Å². The molecule has 2 aliphatic rings. The van der Waals surface area contributed by atoms with E-state index in [0.717, 1.165) is 5.56 Å². The van der Waals surface area contributed by atoms with E-state index in [1.807, 2.05) is 17.0 Å². The molecule has 1 fully saturated rings. The standard InChI is InChI=1S/C22H20ClFN2O3/c23-17-5-1-15(2-6-17)9-10-26-21(27)19(16-3-7-18(24)8-4-16)20(22(26)28)25-11-13-29-14-12-25/h1-8H,9-14H2. The van der Waals surface area contributed by atoms with Gasteiger partial charge in [0.1, 0.15) is 11.5 Å². The van der Waals surface area contributed by atoms with Crippen LogP contribution in [0.5, 0.6) is 0 Å². The van der Waals surface area contributed by atoms with Gasteiger partial charge >= 0.3 is 0 Å². The van der Waals surface area contributed by atoms with Crippen LogP contribution >= 0.6 is 11.6 Å². The predicted molar refractivity (Wildman–Crippen MR) is 108 cm³/mol. The molecule has 4 rings (SSSR count). The number of benzene rings is 2. The van der Waals surface area contributed by atoms with Crippen LogP contribution in [0.15, 0.2) is 54.2 Å². The molecule has 0 spiro atoms. The average molecular weight is 415 g/mol. The molecule has 0 atom stereocenters. The van der Waals surface area contributed by atoms with E-state index in [9.17, 15) is 14.0 Å². The highest BCUT2D eigenvalue weighted by Gasteiger charge is 2.41. The third-order valence-electron chi connectivity index (χ3n) is 5.14. The van der Waals surface area contributed by atoms with Gasteiger partial charge in [-0.05, 0) is 41.8 Å². The average Bonchev–Trinajstić information content (AvgIpc) is 2.99. The van der Waals surface area contributed by atoms with Crippen LogP contribution < -0.4 is 0 Å². The summed E-state index contributed by atoms with van der Waals surface area (Å²) in [7, 11) is 0. The lowest BCUT2D eigenvalue weighted by Crippen LogP contribution is -2.40. The normalized spacial score (nSPS) is 17.4. The van der Waals surface area contributed by atoms with Crippen LogP contribution in [0.3, 0.4) is 0 Å². The molecule has 2 aliphatic heterocycles. The number of rotatable bonds is 5. The van der Waals surface area contributed by atoms with Crippen LogP contribution in [0.4, 0.5) is 4.39 Å². The van der Waals surface area contributed by atoms with Crippen LogP contribution in [-0.2, 0) is 20.7 Å². The summed E-state index contributed by atoms with van der Waals surface area (Å²) in [5.41, 5.74) is 2.23. The van der Waals surface area contributed by atoms with Gasteiger partial charge < -0.3 is 9.64 Å². The Bertz CT molecular complexity index is 951. The molecule has 0 aromatic heterocycles. The SMILES string of the molecule is O=C1C(c2ccc(F)cc2)=C(N2CCOCC2)C(=O)N1CCc1ccc(Cl)cc1. The topological polar surface area (TPSA) is 49.9 Å². The second-order valence-corrected chi connectivity index (χ2v) is 7.40.